The Morgan fingerprint density at radius 3 is 2.45 bits per heavy atom. The first-order valence-electron chi connectivity index (χ1n) is 11.6. The van der Waals surface area contributed by atoms with Gasteiger partial charge in [0, 0.05) is 35.6 Å². The molecule has 0 saturated heterocycles. The third kappa shape index (κ3) is 4.61. The van der Waals surface area contributed by atoms with Crippen LogP contribution in [0.3, 0.4) is 0 Å². The lowest BCUT2D eigenvalue weighted by Crippen LogP contribution is -2.10. The number of methoxy groups -OCH3 is 2. The second-order valence-electron chi connectivity index (χ2n) is 8.26. The number of nitrogens with one attached hydrogen (secondary N) is 2. The van der Waals surface area contributed by atoms with Gasteiger partial charge in [-0.1, -0.05) is 35.7 Å². The van der Waals surface area contributed by atoms with Crippen LogP contribution in [-0.2, 0) is 22.3 Å². The summed E-state index contributed by atoms with van der Waals surface area (Å²) in [6, 6.07) is 3.78. The first-order chi connectivity index (χ1) is 18.5. The van der Waals surface area contributed by atoms with Gasteiger partial charge in [0.1, 0.15) is 0 Å². The molecule has 1 aromatic carbocycles. The summed E-state index contributed by atoms with van der Waals surface area (Å²) in [6.07, 6.45) is 12.5. The average Bonchev–Trinajstić information content (AvgIpc) is 3.61. The Labute approximate surface area is 226 Å². The lowest BCUT2D eigenvalue weighted by atomic mass is 9.93. The molecule has 0 amide bonds. The van der Waals surface area contributed by atoms with Gasteiger partial charge < -0.3 is 19.4 Å². The molecule has 6 rings (SSSR count). The lowest BCUT2D eigenvalue weighted by molar-refractivity contribution is 0.0592. The van der Waals surface area contributed by atoms with Crippen molar-refractivity contribution in [3.8, 4) is 11.4 Å². The van der Waals surface area contributed by atoms with Gasteiger partial charge in [0.05, 0.1) is 47.8 Å². The predicted molar refractivity (Wildman–Crippen MR) is 147 cm³/mol. The summed E-state index contributed by atoms with van der Waals surface area (Å²) in [5.74, 6) is -0.680. The highest BCUT2D eigenvalue weighted by Gasteiger charge is 2.25. The van der Waals surface area contributed by atoms with Crippen molar-refractivity contribution < 1.29 is 19.1 Å². The van der Waals surface area contributed by atoms with Gasteiger partial charge in [0.15, 0.2) is 10.3 Å². The largest absolute Gasteiger partial charge is 0.465 e. The first kappa shape index (κ1) is 25.7. The van der Waals surface area contributed by atoms with E-state index < -0.39 is 0 Å². The number of esters is 2. The molecule has 4 heterocycles. The Balaban J connectivity index is 0.000000155. The molecule has 0 aliphatic heterocycles. The maximum Gasteiger partial charge on any atom is 0.340 e. The third-order valence-corrected chi connectivity index (χ3v) is 7.43. The molecule has 0 bridgehead atoms. The van der Waals surface area contributed by atoms with Crippen LogP contribution in [0.4, 0.5) is 0 Å². The minimum absolute atomic E-state index is 0.305. The van der Waals surface area contributed by atoms with Crippen molar-refractivity contribution in [3.63, 3.8) is 0 Å². The van der Waals surface area contributed by atoms with Gasteiger partial charge >= 0.3 is 11.9 Å². The molecule has 0 radical (unpaired) electrons. The van der Waals surface area contributed by atoms with Crippen molar-refractivity contribution in [2.45, 2.75) is 23.2 Å². The van der Waals surface area contributed by atoms with E-state index in [2.05, 4.69) is 29.9 Å². The van der Waals surface area contributed by atoms with Gasteiger partial charge in [0.2, 0.25) is 0 Å². The standard InChI is InChI=1S/C13H13N3O2S.C13H11N3O2S/c2*1-18-12(17)9-6-14-11-8(9)4-3-7-5-15-13(19-2)16-10(7)11/h5-6,14H,3-4H2,1-2H3;3-6H,1-2H3,(H,15,16). The topological polar surface area (TPSA) is 136 Å². The summed E-state index contributed by atoms with van der Waals surface area (Å²) in [7, 11) is 2.76. The third-order valence-electron chi connectivity index (χ3n) is 6.27. The smallest absolute Gasteiger partial charge is 0.340 e. The van der Waals surface area contributed by atoms with E-state index in [0.717, 1.165) is 67.5 Å². The van der Waals surface area contributed by atoms with Crippen LogP contribution in [-0.4, -0.2) is 68.6 Å². The van der Waals surface area contributed by atoms with Crippen LogP contribution in [0.1, 0.15) is 31.8 Å². The SMILES string of the molecule is COC(=O)c1c[nH]c2c1CCc1cnc(SC)nc1-2.COC(=O)c1cnc2c1ccc1cnc(SC)[nH]c12. The van der Waals surface area contributed by atoms with Crippen LogP contribution >= 0.6 is 23.5 Å². The van der Waals surface area contributed by atoms with Crippen LogP contribution in [0.25, 0.3) is 33.2 Å². The zero-order valence-corrected chi connectivity index (χ0v) is 22.7. The molecule has 0 saturated carbocycles. The van der Waals surface area contributed by atoms with Crippen molar-refractivity contribution in [2.75, 3.05) is 26.7 Å². The Kier molecular flexibility index (Phi) is 7.34. The molecule has 2 N–H and O–H groups in total. The predicted octanol–water partition coefficient (Wildman–Crippen LogP) is 4.70. The van der Waals surface area contributed by atoms with Crippen LogP contribution in [0.15, 0.2) is 47.2 Å². The number of hydrogen-bond donors (Lipinski definition) is 2. The number of aromatic nitrogens is 6. The van der Waals surface area contributed by atoms with Gasteiger partial charge in [-0.2, -0.15) is 0 Å². The number of aryl methyl sites for hydroxylation is 1. The highest BCUT2D eigenvalue weighted by molar-refractivity contribution is 7.98. The highest BCUT2D eigenvalue weighted by Crippen LogP contribution is 2.34. The molecule has 1 aliphatic rings. The minimum atomic E-state index is -0.374. The van der Waals surface area contributed by atoms with E-state index >= 15 is 0 Å². The number of benzene rings is 1. The van der Waals surface area contributed by atoms with Gasteiger partial charge in [-0.05, 0) is 36.5 Å². The molecule has 38 heavy (non-hydrogen) atoms. The molecular weight excluding hydrogens is 524 g/mol. The Morgan fingerprint density at radius 1 is 0.921 bits per heavy atom. The number of nitrogens with zero attached hydrogens (tertiary/aromatic N) is 4. The fourth-order valence-corrected chi connectivity index (χ4v) is 5.11. The maximum atomic E-state index is 11.7. The van der Waals surface area contributed by atoms with E-state index in [1.807, 2.05) is 30.8 Å². The number of carbonyl (C=O) groups is 2. The van der Waals surface area contributed by atoms with E-state index in [1.165, 1.54) is 37.7 Å². The van der Waals surface area contributed by atoms with Crippen molar-refractivity contribution >= 4 is 57.3 Å². The summed E-state index contributed by atoms with van der Waals surface area (Å²) >= 11 is 3.03. The number of aromatic amines is 2. The zero-order chi connectivity index (χ0) is 26.8. The van der Waals surface area contributed by atoms with Crippen LogP contribution < -0.4 is 0 Å². The van der Waals surface area contributed by atoms with Gasteiger partial charge in [0.25, 0.3) is 0 Å². The summed E-state index contributed by atoms with van der Waals surface area (Å²) in [5, 5.41) is 3.29. The second kappa shape index (κ2) is 10.8. The minimum Gasteiger partial charge on any atom is -0.465 e. The molecule has 194 valence electrons. The van der Waals surface area contributed by atoms with Gasteiger partial charge in [-0.25, -0.2) is 24.5 Å². The Bertz CT molecular complexity index is 1680. The molecule has 1 aliphatic carbocycles. The number of carbonyl (C=O) groups excluding carboxylic acids is 2. The molecule has 5 aromatic rings. The van der Waals surface area contributed by atoms with Crippen LogP contribution in [0.5, 0.6) is 0 Å². The molecular formula is C26H24N6O4S2. The maximum absolute atomic E-state index is 11.7. The van der Waals surface area contributed by atoms with Gasteiger partial charge in [-0.3, -0.25) is 4.98 Å². The molecule has 4 aromatic heterocycles. The number of thioether (sulfide) groups is 2. The fourth-order valence-electron chi connectivity index (χ4n) is 4.40. The molecule has 10 nitrogen and oxygen atoms in total. The average molecular weight is 549 g/mol. The quantitative estimate of drug-likeness (QED) is 0.185. The summed E-state index contributed by atoms with van der Waals surface area (Å²) in [5.41, 5.74) is 6.65. The van der Waals surface area contributed by atoms with Gasteiger partial charge in [-0.15, -0.1) is 0 Å². The summed E-state index contributed by atoms with van der Waals surface area (Å²) in [4.78, 5) is 47.2. The monoisotopic (exact) mass is 548 g/mol. The number of fused-ring (bicyclic) bond motifs is 6. The molecule has 0 atom stereocenters. The van der Waals surface area contributed by atoms with E-state index in [9.17, 15) is 9.59 Å². The molecule has 12 heteroatoms. The van der Waals surface area contributed by atoms with Crippen molar-refractivity contribution in [3.05, 3.63) is 59.2 Å². The normalized spacial score (nSPS) is 11.9. The Hall–Kier alpha value is -3.90. The zero-order valence-electron chi connectivity index (χ0n) is 21.1. The lowest BCUT2D eigenvalue weighted by Gasteiger charge is -2.16. The number of ether oxygens (including phenoxy) is 2. The van der Waals surface area contributed by atoms with E-state index in [4.69, 9.17) is 9.47 Å². The van der Waals surface area contributed by atoms with E-state index in [0.29, 0.717) is 11.1 Å². The summed E-state index contributed by atoms with van der Waals surface area (Å²) < 4.78 is 9.55. The molecule has 0 unspecified atom stereocenters. The first-order valence-corrected chi connectivity index (χ1v) is 14.0. The number of H-pyrrole nitrogens is 2. The molecule has 0 fully saturated rings. The van der Waals surface area contributed by atoms with Crippen molar-refractivity contribution in [2.24, 2.45) is 0 Å². The number of hydrogen-bond acceptors (Lipinski definition) is 10. The van der Waals surface area contributed by atoms with Crippen molar-refractivity contribution in [1.29, 1.82) is 0 Å². The summed E-state index contributed by atoms with van der Waals surface area (Å²) in [6.45, 7) is 0. The highest BCUT2D eigenvalue weighted by atomic mass is 32.2. The van der Waals surface area contributed by atoms with Crippen LogP contribution in [0, 0.1) is 0 Å². The van der Waals surface area contributed by atoms with E-state index in [-0.39, 0.29) is 11.9 Å². The second-order valence-corrected chi connectivity index (χ2v) is 9.83. The van der Waals surface area contributed by atoms with Crippen LogP contribution in [0.2, 0.25) is 0 Å². The molecule has 0 spiro atoms. The van der Waals surface area contributed by atoms with E-state index in [1.54, 1.807) is 18.6 Å². The van der Waals surface area contributed by atoms with Crippen molar-refractivity contribution in [1.82, 2.24) is 29.9 Å². The Morgan fingerprint density at radius 2 is 1.71 bits per heavy atom. The number of rotatable bonds is 4. The fraction of sp³-hybridized carbons (Fsp3) is 0.231.